The van der Waals surface area contributed by atoms with Gasteiger partial charge < -0.3 is 5.11 Å². The molecule has 0 aliphatic carbocycles. The molecule has 0 spiro atoms. The van der Waals surface area contributed by atoms with Crippen LogP contribution in [-0.4, -0.2) is 26.7 Å². The van der Waals surface area contributed by atoms with Crippen molar-refractivity contribution >= 4 is 33.7 Å². The van der Waals surface area contributed by atoms with Crippen LogP contribution in [0.4, 0.5) is 5.69 Å². The molecular weight excluding hydrogens is 276 g/mol. The standard InChI is InChI=1S/C17H12N4O/c22-17-8-5-11-3-1-2-4-13(11)14(17)10-18-12-6-7-15-16(9-12)20-21-19-15/h1-10,22H,(H,19,20,21)/b18-10-. The SMILES string of the molecule is Oc1ccc2ccccc2c1/C=N\c1ccc2[nH]nnc2c1. The molecule has 0 saturated carbocycles. The monoisotopic (exact) mass is 288 g/mol. The quantitative estimate of drug-likeness (QED) is 0.554. The van der Waals surface area contributed by atoms with E-state index in [0.717, 1.165) is 27.5 Å². The van der Waals surface area contributed by atoms with Gasteiger partial charge in [-0.05, 0) is 35.0 Å². The van der Waals surface area contributed by atoms with Gasteiger partial charge in [-0.3, -0.25) is 10.1 Å². The largest absolute Gasteiger partial charge is 0.507 e. The number of aliphatic imine (C=N–C) groups is 1. The number of nitrogens with zero attached hydrogens (tertiary/aromatic N) is 3. The van der Waals surface area contributed by atoms with E-state index in [2.05, 4.69) is 20.4 Å². The Bertz CT molecular complexity index is 1000. The van der Waals surface area contributed by atoms with Gasteiger partial charge in [0.25, 0.3) is 0 Å². The molecule has 106 valence electrons. The fraction of sp³-hybridized carbons (Fsp3) is 0. The van der Waals surface area contributed by atoms with Gasteiger partial charge in [0.2, 0.25) is 0 Å². The smallest absolute Gasteiger partial charge is 0.124 e. The average molecular weight is 288 g/mol. The van der Waals surface area contributed by atoms with E-state index in [4.69, 9.17) is 0 Å². The molecule has 4 aromatic rings. The lowest BCUT2D eigenvalue weighted by molar-refractivity contribution is 0.475. The molecule has 0 saturated heterocycles. The van der Waals surface area contributed by atoms with Crippen molar-refractivity contribution < 1.29 is 5.11 Å². The first-order chi connectivity index (χ1) is 10.8. The first-order valence-corrected chi connectivity index (χ1v) is 6.87. The van der Waals surface area contributed by atoms with Crippen molar-refractivity contribution in [2.75, 3.05) is 0 Å². The highest BCUT2D eigenvalue weighted by molar-refractivity contribution is 6.03. The zero-order valence-electron chi connectivity index (χ0n) is 11.6. The fourth-order valence-corrected chi connectivity index (χ4v) is 2.47. The Balaban J connectivity index is 1.80. The van der Waals surface area contributed by atoms with Crippen LogP contribution in [0.15, 0.2) is 59.6 Å². The van der Waals surface area contributed by atoms with Crippen LogP contribution in [0.2, 0.25) is 0 Å². The van der Waals surface area contributed by atoms with Gasteiger partial charge in [0, 0.05) is 11.8 Å². The second-order valence-corrected chi connectivity index (χ2v) is 4.99. The number of benzene rings is 3. The lowest BCUT2D eigenvalue weighted by Gasteiger charge is -2.04. The number of phenolic OH excluding ortho intramolecular Hbond substituents is 1. The van der Waals surface area contributed by atoms with Gasteiger partial charge in [-0.1, -0.05) is 35.5 Å². The minimum atomic E-state index is 0.213. The summed E-state index contributed by atoms with van der Waals surface area (Å²) in [7, 11) is 0. The fourth-order valence-electron chi connectivity index (χ4n) is 2.47. The number of nitrogens with one attached hydrogen (secondary N) is 1. The zero-order valence-corrected chi connectivity index (χ0v) is 11.6. The Morgan fingerprint density at radius 3 is 2.91 bits per heavy atom. The van der Waals surface area contributed by atoms with Crippen molar-refractivity contribution in [3.8, 4) is 5.75 Å². The third kappa shape index (κ3) is 2.09. The molecule has 1 heterocycles. The van der Waals surface area contributed by atoms with E-state index in [9.17, 15) is 5.11 Å². The molecule has 0 atom stereocenters. The normalized spacial score (nSPS) is 11.6. The summed E-state index contributed by atoms with van der Waals surface area (Å²) in [4.78, 5) is 4.45. The summed E-state index contributed by atoms with van der Waals surface area (Å²) in [6, 6.07) is 17.1. The minimum Gasteiger partial charge on any atom is -0.507 e. The molecule has 0 radical (unpaired) electrons. The average Bonchev–Trinajstić information content (AvgIpc) is 3.01. The predicted octanol–water partition coefficient (Wildman–Crippen LogP) is 3.57. The predicted molar refractivity (Wildman–Crippen MR) is 86.8 cm³/mol. The number of aromatic amines is 1. The van der Waals surface area contributed by atoms with Crippen LogP contribution in [-0.2, 0) is 0 Å². The van der Waals surface area contributed by atoms with E-state index in [1.807, 2.05) is 48.5 Å². The molecule has 1 aromatic heterocycles. The van der Waals surface area contributed by atoms with E-state index >= 15 is 0 Å². The van der Waals surface area contributed by atoms with Crippen LogP contribution < -0.4 is 0 Å². The number of rotatable bonds is 2. The first kappa shape index (κ1) is 12.5. The third-order valence-electron chi connectivity index (χ3n) is 3.60. The maximum atomic E-state index is 10.1. The van der Waals surface area contributed by atoms with E-state index in [-0.39, 0.29) is 5.75 Å². The highest BCUT2D eigenvalue weighted by Gasteiger charge is 2.04. The van der Waals surface area contributed by atoms with Crippen molar-refractivity contribution in [2.24, 2.45) is 4.99 Å². The molecule has 0 aliphatic rings. The molecule has 5 heteroatoms. The summed E-state index contributed by atoms with van der Waals surface area (Å²) in [6.07, 6.45) is 1.68. The summed E-state index contributed by atoms with van der Waals surface area (Å²) in [6.45, 7) is 0. The number of hydrogen-bond acceptors (Lipinski definition) is 4. The van der Waals surface area contributed by atoms with Crippen molar-refractivity contribution in [3.63, 3.8) is 0 Å². The molecule has 3 aromatic carbocycles. The lowest BCUT2D eigenvalue weighted by atomic mass is 10.0. The van der Waals surface area contributed by atoms with Crippen LogP contribution in [0, 0.1) is 0 Å². The lowest BCUT2D eigenvalue weighted by Crippen LogP contribution is -1.85. The van der Waals surface area contributed by atoms with Gasteiger partial charge in [0.1, 0.15) is 11.3 Å². The van der Waals surface area contributed by atoms with Crippen molar-refractivity contribution in [1.29, 1.82) is 0 Å². The highest BCUT2D eigenvalue weighted by atomic mass is 16.3. The Kier molecular flexibility index (Phi) is 2.83. The number of aromatic nitrogens is 3. The number of phenols is 1. The molecule has 5 nitrogen and oxygen atoms in total. The molecule has 0 unspecified atom stereocenters. The van der Waals surface area contributed by atoms with E-state index < -0.39 is 0 Å². The van der Waals surface area contributed by atoms with Crippen LogP contribution in [0.3, 0.4) is 0 Å². The van der Waals surface area contributed by atoms with Gasteiger partial charge in [-0.25, -0.2) is 0 Å². The minimum absolute atomic E-state index is 0.213. The van der Waals surface area contributed by atoms with Gasteiger partial charge in [0.15, 0.2) is 0 Å². The maximum Gasteiger partial charge on any atom is 0.124 e. The van der Waals surface area contributed by atoms with Crippen molar-refractivity contribution in [2.45, 2.75) is 0 Å². The van der Waals surface area contributed by atoms with Crippen LogP contribution in [0.1, 0.15) is 5.56 Å². The number of aromatic hydroxyl groups is 1. The highest BCUT2D eigenvalue weighted by Crippen LogP contribution is 2.26. The van der Waals surface area contributed by atoms with Crippen LogP contribution >= 0.6 is 0 Å². The first-order valence-electron chi connectivity index (χ1n) is 6.87. The summed E-state index contributed by atoms with van der Waals surface area (Å²) in [5.74, 6) is 0.213. The van der Waals surface area contributed by atoms with Gasteiger partial charge >= 0.3 is 0 Å². The molecule has 0 amide bonds. The topological polar surface area (TPSA) is 74.2 Å². The van der Waals surface area contributed by atoms with E-state index in [1.54, 1.807) is 12.3 Å². The van der Waals surface area contributed by atoms with Gasteiger partial charge in [0.05, 0.1) is 11.2 Å². The van der Waals surface area contributed by atoms with Crippen molar-refractivity contribution in [1.82, 2.24) is 15.4 Å². The Hall–Kier alpha value is -3.21. The summed E-state index contributed by atoms with van der Waals surface area (Å²) < 4.78 is 0. The number of fused-ring (bicyclic) bond motifs is 2. The van der Waals surface area contributed by atoms with Crippen LogP contribution in [0.5, 0.6) is 5.75 Å². The molecule has 0 aliphatic heterocycles. The Morgan fingerprint density at radius 1 is 1.05 bits per heavy atom. The van der Waals surface area contributed by atoms with Crippen molar-refractivity contribution in [3.05, 3.63) is 60.2 Å². The molecular formula is C17H12N4O. The van der Waals surface area contributed by atoms with Gasteiger partial charge in [-0.2, -0.15) is 0 Å². The van der Waals surface area contributed by atoms with E-state index in [0.29, 0.717) is 5.56 Å². The maximum absolute atomic E-state index is 10.1. The molecule has 2 N–H and O–H groups in total. The Morgan fingerprint density at radius 2 is 1.95 bits per heavy atom. The van der Waals surface area contributed by atoms with Gasteiger partial charge in [-0.15, -0.1) is 5.10 Å². The van der Waals surface area contributed by atoms with Crippen LogP contribution in [0.25, 0.3) is 21.8 Å². The van der Waals surface area contributed by atoms with E-state index in [1.165, 1.54) is 0 Å². The molecule has 0 fully saturated rings. The second-order valence-electron chi connectivity index (χ2n) is 4.99. The summed E-state index contributed by atoms with van der Waals surface area (Å²) in [5.41, 5.74) is 3.09. The molecule has 4 rings (SSSR count). The molecule has 0 bridgehead atoms. The summed E-state index contributed by atoms with van der Waals surface area (Å²) in [5, 5.41) is 22.7. The summed E-state index contributed by atoms with van der Waals surface area (Å²) >= 11 is 0. The number of H-pyrrole nitrogens is 1. The third-order valence-corrected chi connectivity index (χ3v) is 3.60. The molecule has 22 heavy (non-hydrogen) atoms. The Labute approximate surface area is 125 Å². The second kappa shape index (κ2) is 4.96. The number of hydrogen-bond donors (Lipinski definition) is 2. The zero-order chi connectivity index (χ0) is 14.9.